The van der Waals surface area contributed by atoms with E-state index in [2.05, 4.69) is 10.3 Å². The molecule has 0 aliphatic rings. The normalized spacial score (nSPS) is 10.4. The van der Waals surface area contributed by atoms with Gasteiger partial charge in [0.15, 0.2) is 0 Å². The number of carbonyl (C=O) groups excluding carboxylic acids is 1. The maximum atomic E-state index is 10.7. The van der Waals surface area contributed by atoms with Crippen molar-refractivity contribution in [2.24, 2.45) is 0 Å². The van der Waals surface area contributed by atoms with E-state index < -0.39 is 0 Å². The lowest BCUT2D eigenvalue weighted by Gasteiger charge is -1.95. The maximum absolute atomic E-state index is 10.7. The van der Waals surface area contributed by atoms with Gasteiger partial charge < -0.3 is 9.72 Å². The Bertz CT molecular complexity index is 428. The fourth-order valence-electron chi connectivity index (χ4n) is 1.29. The van der Waals surface area contributed by atoms with Gasteiger partial charge in [-0.25, -0.2) is 4.98 Å². The number of aromatic nitrogens is 2. The molecular weight excluding hydrogens is 178 g/mol. The molecule has 2 rings (SSSR count). The molecule has 4 nitrogen and oxygen atoms in total. The molecule has 0 aliphatic heterocycles. The summed E-state index contributed by atoms with van der Waals surface area (Å²) >= 11 is 0. The summed E-state index contributed by atoms with van der Waals surface area (Å²) in [6.45, 7) is 1.98. The van der Waals surface area contributed by atoms with E-state index in [1.54, 1.807) is 0 Å². The third-order valence-electron chi connectivity index (χ3n) is 1.93. The van der Waals surface area contributed by atoms with Gasteiger partial charge in [-0.1, -0.05) is 6.07 Å². The van der Waals surface area contributed by atoms with Gasteiger partial charge in [0, 0.05) is 19.3 Å². The molecule has 1 N–H and O–H groups in total. The van der Waals surface area contributed by atoms with Gasteiger partial charge in [-0.3, -0.25) is 4.79 Å². The predicted octanol–water partition coefficient (Wildman–Crippen LogP) is 0.970. The average molecular weight is 189 g/mol. The lowest BCUT2D eigenvalue weighted by Crippen LogP contribution is -2.18. The van der Waals surface area contributed by atoms with E-state index >= 15 is 0 Å². The first-order valence-corrected chi connectivity index (χ1v) is 4.43. The van der Waals surface area contributed by atoms with E-state index in [-0.39, 0.29) is 5.91 Å². The van der Waals surface area contributed by atoms with Crippen molar-refractivity contribution < 1.29 is 4.79 Å². The number of carbonyl (C=O) groups is 1. The van der Waals surface area contributed by atoms with Crippen molar-refractivity contribution in [1.29, 1.82) is 0 Å². The van der Waals surface area contributed by atoms with Gasteiger partial charge >= 0.3 is 0 Å². The van der Waals surface area contributed by atoms with Gasteiger partial charge in [0.25, 0.3) is 0 Å². The van der Waals surface area contributed by atoms with Crippen molar-refractivity contribution >= 4 is 11.6 Å². The molecule has 2 aromatic heterocycles. The summed E-state index contributed by atoms with van der Waals surface area (Å²) in [5, 5.41) is 2.71. The molecule has 2 aromatic rings. The SMILES string of the molecule is CC(=O)NCc1cn2ccccc2n1. The smallest absolute Gasteiger partial charge is 0.217 e. The van der Waals surface area contributed by atoms with Crippen molar-refractivity contribution in [3.8, 4) is 0 Å². The van der Waals surface area contributed by atoms with E-state index in [9.17, 15) is 4.79 Å². The Labute approximate surface area is 81.6 Å². The Balaban J connectivity index is 2.22. The summed E-state index contributed by atoms with van der Waals surface area (Å²) in [6.07, 6.45) is 3.84. The highest BCUT2D eigenvalue weighted by Gasteiger charge is 2.00. The van der Waals surface area contributed by atoms with Gasteiger partial charge in [0.05, 0.1) is 12.2 Å². The van der Waals surface area contributed by atoms with E-state index in [0.717, 1.165) is 11.3 Å². The predicted molar refractivity (Wildman–Crippen MR) is 52.7 cm³/mol. The summed E-state index contributed by atoms with van der Waals surface area (Å²) in [5.41, 5.74) is 1.76. The third-order valence-corrected chi connectivity index (χ3v) is 1.93. The fraction of sp³-hybridized carbons (Fsp3) is 0.200. The number of hydrogen-bond donors (Lipinski definition) is 1. The van der Waals surface area contributed by atoms with E-state index in [0.29, 0.717) is 6.54 Å². The number of nitrogens with zero attached hydrogens (tertiary/aromatic N) is 2. The van der Waals surface area contributed by atoms with Crippen LogP contribution in [0.15, 0.2) is 30.6 Å². The minimum Gasteiger partial charge on any atom is -0.351 e. The van der Waals surface area contributed by atoms with E-state index in [4.69, 9.17) is 0 Å². The first-order chi connectivity index (χ1) is 6.75. The highest BCUT2D eigenvalue weighted by atomic mass is 16.1. The Hall–Kier alpha value is -1.84. The number of nitrogens with one attached hydrogen (secondary N) is 1. The van der Waals surface area contributed by atoms with E-state index in [1.807, 2.05) is 35.0 Å². The molecule has 0 radical (unpaired) electrons. The molecule has 0 unspecified atom stereocenters. The van der Waals surface area contributed by atoms with Crippen LogP contribution < -0.4 is 5.32 Å². The lowest BCUT2D eigenvalue weighted by molar-refractivity contribution is -0.119. The minimum atomic E-state index is -0.0398. The number of rotatable bonds is 2. The maximum Gasteiger partial charge on any atom is 0.217 e. The molecule has 1 amide bonds. The van der Waals surface area contributed by atoms with Crippen LogP contribution in [0.25, 0.3) is 5.65 Å². The van der Waals surface area contributed by atoms with Crippen LogP contribution in [-0.4, -0.2) is 15.3 Å². The van der Waals surface area contributed by atoms with Crippen LogP contribution in [0.5, 0.6) is 0 Å². The second-order valence-corrected chi connectivity index (χ2v) is 3.11. The molecule has 0 saturated heterocycles. The zero-order valence-electron chi connectivity index (χ0n) is 7.90. The summed E-state index contributed by atoms with van der Waals surface area (Å²) in [5.74, 6) is -0.0398. The van der Waals surface area contributed by atoms with Crippen molar-refractivity contribution in [1.82, 2.24) is 14.7 Å². The molecule has 0 fully saturated rings. The first-order valence-electron chi connectivity index (χ1n) is 4.43. The first kappa shape index (κ1) is 8.74. The minimum absolute atomic E-state index is 0.0398. The van der Waals surface area contributed by atoms with Crippen molar-refractivity contribution in [2.75, 3.05) is 0 Å². The molecule has 14 heavy (non-hydrogen) atoms. The number of pyridine rings is 1. The van der Waals surface area contributed by atoms with Crippen LogP contribution in [-0.2, 0) is 11.3 Å². The van der Waals surface area contributed by atoms with Crippen LogP contribution >= 0.6 is 0 Å². The van der Waals surface area contributed by atoms with Crippen molar-refractivity contribution in [3.05, 3.63) is 36.3 Å². The molecule has 0 aliphatic carbocycles. The summed E-state index contributed by atoms with van der Waals surface area (Å²) in [7, 11) is 0. The van der Waals surface area contributed by atoms with Crippen LogP contribution in [0.4, 0.5) is 0 Å². The second-order valence-electron chi connectivity index (χ2n) is 3.11. The van der Waals surface area contributed by atoms with E-state index in [1.165, 1.54) is 6.92 Å². The summed E-state index contributed by atoms with van der Waals surface area (Å²) in [6, 6.07) is 5.80. The molecule has 0 saturated carbocycles. The Morgan fingerprint density at radius 3 is 3.14 bits per heavy atom. The molecular formula is C10H11N3O. The Morgan fingerprint density at radius 2 is 2.43 bits per heavy atom. The van der Waals surface area contributed by atoms with Gasteiger partial charge in [-0.15, -0.1) is 0 Å². The molecule has 0 spiro atoms. The highest BCUT2D eigenvalue weighted by Crippen LogP contribution is 2.03. The molecule has 0 atom stereocenters. The fourth-order valence-corrected chi connectivity index (χ4v) is 1.29. The molecule has 0 bridgehead atoms. The average Bonchev–Trinajstić information content (AvgIpc) is 2.57. The van der Waals surface area contributed by atoms with Gasteiger partial charge in [0.2, 0.25) is 5.91 Å². The quantitative estimate of drug-likeness (QED) is 0.765. The standard InChI is InChI=1S/C10H11N3O/c1-8(14)11-6-9-7-13-5-3-2-4-10(13)12-9/h2-5,7H,6H2,1H3,(H,11,14). The summed E-state index contributed by atoms with van der Waals surface area (Å²) < 4.78 is 1.93. The van der Waals surface area contributed by atoms with Crippen LogP contribution in [0, 0.1) is 0 Å². The summed E-state index contributed by atoms with van der Waals surface area (Å²) in [4.78, 5) is 15.0. The zero-order chi connectivity index (χ0) is 9.97. The third kappa shape index (κ3) is 1.74. The molecule has 4 heteroatoms. The zero-order valence-corrected chi connectivity index (χ0v) is 7.90. The van der Waals surface area contributed by atoms with Crippen molar-refractivity contribution in [2.45, 2.75) is 13.5 Å². The van der Waals surface area contributed by atoms with Crippen LogP contribution in [0.2, 0.25) is 0 Å². The van der Waals surface area contributed by atoms with Crippen LogP contribution in [0.1, 0.15) is 12.6 Å². The lowest BCUT2D eigenvalue weighted by atomic mass is 10.4. The molecule has 0 aromatic carbocycles. The highest BCUT2D eigenvalue weighted by molar-refractivity contribution is 5.72. The second kappa shape index (κ2) is 3.49. The number of imidazole rings is 1. The van der Waals surface area contributed by atoms with Crippen molar-refractivity contribution in [3.63, 3.8) is 0 Å². The Morgan fingerprint density at radius 1 is 1.57 bits per heavy atom. The van der Waals surface area contributed by atoms with Gasteiger partial charge in [0.1, 0.15) is 5.65 Å². The molecule has 2 heterocycles. The topological polar surface area (TPSA) is 46.4 Å². The monoisotopic (exact) mass is 189 g/mol. The largest absolute Gasteiger partial charge is 0.351 e. The van der Waals surface area contributed by atoms with Gasteiger partial charge in [-0.2, -0.15) is 0 Å². The number of hydrogen-bond acceptors (Lipinski definition) is 2. The van der Waals surface area contributed by atoms with Gasteiger partial charge in [-0.05, 0) is 12.1 Å². The van der Waals surface area contributed by atoms with Crippen LogP contribution in [0.3, 0.4) is 0 Å². The molecule has 72 valence electrons. The number of fused-ring (bicyclic) bond motifs is 1. The number of amides is 1. The Kier molecular flexibility index (Phi) is 2.18.